The van der Waals surface area contributed by atoms with E-state index in [1.807, 2.05) is 44.1 Å². The molecule has 1 aliphatic heterocycles. The minimum atomic E-state index is 0. The number of para-hydroxylation sites is 1. The molecule has 1 aromatic heterocycles. The van der Waals surface area contributed by atoms with Crippen molar-refractivity contribution in [2.45, 2.75) is 31.1 Å². The number of hydrogen-bond acceptors (Lipinski definition) is 4. The first-order valence-corrected chi connectivity index (χ1v) is 10.3. The minimum absolute atomic E-state index is 0. The molecule has 0 bridgehead atoms. The highest BCUT2D eigenvalue weighted by Crippen LogP contribution is 2.34. The number of furan rings is 1. The molecule has 2 heterocycles. The van der Waals surface area contributed by atoms with Gasteiger partial charge in [-0.2, -0.15) is 11.8 Å². The highest BCUT2D eigenvalue weighted by Gasteiger charge is 2.33. The normalized spacial score (nSPS) is 16.8. The van der Waals surface area contributed by atoms with E-state index in [1.165, 1.54) is 0 Å². The van der Waals surface area contributed by atoms with Crippen LogP contribution < -0.4 is 5.32 Å². The number of aliphatic imine (C=N–C) groups is 1. The average Bonchev–Trinajstić information content (AvgIpc) is 3.05. The van der Waals surface area contributed by atoms with Crippen LogP contribution in [0.2, 0.25) is 0 Å². The third-order valence-electron chi connectivity index (χ3n) is 4.87. The van der Waals surface area contributed by atoms with Gasteiger partial charge in [-0.15, -0.1) is 24.0 Å². The number of benzene rings is 1. The van der Waals surface area contributed by atoms with Crippen LogP contribution in [0.5, 0.6) is 0 Å². The SMILES string of the molecule is CCSC1(CNC(=NC)N(C)Cc2cc3ccccc3o2)CCOCC1.I. The Labute approximate surface area is 183 Å². The number of fused-ring (bicyclic) bond motifs is 1. The fourth-order valence-corrected chi connectivity index (χ4v) is 4.71. The van der Waals surface area contributed by atoms with Gasteiger partial charge in [-0.05, 0) is 30.7 Å². The lowest BCUT2D eigenvalue weighted by atomic mass is 9.99. The first-order chi connectivity index (χ1) is 12.7. The van der Waals surface area contributed by atoms with Gasteiger partial charge in [0, 0.05) is 44.0 Å². The second-order valence-corrected chi connectivity index (χ2v) is 8.47. The Morgan fingerprint density at radius 3 is 2.70 bits per heavy atom. The van der Waals surface area contributed by atoms with Crippen LogP contribution in [0.25, 0.3) is 11.0 Å². The monoisotopic (exact) mass is 503 g/mol. The van der Waals surface area contributed by atoms with E-state index in [9.17, 15) is 0 Å². The Balaban J connectivity index is 0.00000261. The lowest BCUT2D eigenvalue weighted by molar-refractivity contribution is 0.0780. The molecule has 7 heteroatoms. The zero-order chi connectivity index (χ0) is 18.4. The van der Waals surface area contributed by atoms with E-state index in [2.05, 4.69) is 34.3 Å². The smallest absolute Gasteiger partial charge is 0.193 e. The minimum Gasteiger partial charge on any atom is -0.459 e. The topological polar surface area (TPSA) is 50.0 Å². The van der Waals surface area contributed by atoms with Crippen LogP contribution in [0.1, 0.15) is 25.5 Å². The number of guanidine groups is 1. The molecule has 1 N–H and O–H groups in total. The summed E-state index contributed by atoms with van der Waals surface area (Å²) in [7, 11) is 3.88. The molecular formula is C20H30IN3O2S. The molecule has 0 atom stereocenters. The molecule has 1 aromatic carbocycles. The number of thioether (sulfide) groups is 1. The molecular weight excluding hydrogens is 473 g/mol. The number of halogens is 1. The molecule has 0 radical (unpaired) electrons. The third kappa shape index (κ3) is 5.77. The summed E-state index contributed by atoms with van der Waals surface area (Å²) < 4.78 is 11.7. The number of ether oxygens (including phenoxy) is 1. The molecule has 0 saturated carbocycles. The first-order valence-electron chi connectivity index (χ1n) is 9.27. The van der Waals surface area contributed by atoms with Crippen LogP contribution in [-0.2, 0) is 11.3 Å². The summed E-state index contributed by atoms with van der Waals surface area (Å²) in [5.74, 6) is 2.96. The summed E-state index contributed by atoms with van der Waals surface area (Å²) in [6, 6.07) is 10.2. The van der Waals surface area contributed by atoms with Crippen LogP contribution in [0.3, 0.4) is 0 Å². The van der Waals surface area contributed by atoms with Gasteiger partial charge < -0.3 is 19.4 Å². The molecule has 0 aliphatic carbocycles. The van der Waals surface area contributed by atoms with Crippen LogP contribution in [0.4, 0.5) is 0 Å². The van der Waals surface area contributed by atoms with Crippen LogP contribution in [0.15, 0.2) is 39.7 Å². The van der Waals surface area contributed by atoms with Crippen LogP contribution in [0, 0.1) is 0 Å². The van der Waals surface area contributed by atoms with Gasteiger partial charge in [0.1, 0.15) is 11.3 Å². The zero-order valence-corrected chi connectivity index (χ0v) is 19.5. The van der Waals surface area contributed by atoms with E-state index in [4.69, 9.17) is 9.15 Å². The molecule has 1 saturated heterocycles. The summed E-state index contributed by atoms with van der Waals surface area (Å²) in [6.45, 7) is 5.52. The van der Waals surface area contributed by atoms with E-state index in [-0.39, 0.29) is 28.7 Å². The second-order valence-electron chi connectivity index (χ2n) is 6.74. The van der Waals surface area contributed by atoms with Gasteiger partial charge in [-0.3, -0.25) is 4.99 Å². The molecule has 1 aliphatic rings. The maximum atomic E-state index is 5.94. The van der Waals surface area contributed by atoms with Crippen LogP contribution >= 0.6 is 35.7 Å². The van der Waals surface area contributed by atoms with Crippen molar-refractivity contribution in [2.24, 2.45) is 4.99 Å². The van der Waals surface area contributed by atoms with E-state index in [0.29, 0.717) is 6.54 Å². The summed E-state index contributed by atoms with van der Waals surface area (Å²) >= 11 is 2.04. The molecule has 0 amide bonds. The van der Waals surface area contributed by atoms with Crippen LogP contribution in [-0.4, -0.2) is 55.2 Å². The predicted molar refractivity (Wildman–Crippen MR) is 125 cm³/mol. The lowest BCUT2D eigenvalue weighted by Crippen LogP contribution is -2.48. The molecule has 5 nitrogen and oxygen atoms in total. The highest BCUT2D eigenvalue weighted by atomic mass is 127. The Morgan fingerprint density at radius 2 is 2.04 bits per heavy atom. The Hall–Kier alpha value is -0.930. The molecule has 1 fully saturated rings. The van der Waals surface area contributed by atoms with Crippen molar-refractivity contribution in [3.63, 3.8) is 0 Å². The number of nitrogens with one attached hydrogen (secondary N) is 1. The number of nitrogens with zero attached hydrogens (tertiary/aromatic N) is 2. The Kier molecular flexibility index (Phi) is 8.75. The molecule has 150 valence electrons. The molecule has 0 spiro atoms. The molecule has 2 aromatic rings. The maximum Gasteiger partial charge on any atom is 0.193 e. The van der Waals surface area contributed by atoms with Gasteiger partial charge in [0.15, 0.2) is 5.96 Å². The maximum absolute atomic E-state index is 5.94. The van der Waals surface area contributed by atoms with E-state index < -0.39 is 0 Å². The van der Waals surface area contributed by atoms with Crippen molar-refractivity contribution in [1.29, 1.82) is 0 Å². The van der Waals surface area contributed by atoms with E-state index in [1.54, 1.807) is 0 Å². The van der Waals surface area contributed by atoms with Crippen molar-refractivity contribution in [2.75, 3.05) is 39.6 Å². The second kappa shape index (κ2) is 10.6. The van der Waals surface area contributed by atoms with Crippen molar-refractivity contribution >= 4 is 52.7 Å². The summed E-state index contributed by atoms with van der Waals surface area (Å²) in [4.78, 5) is 6.58. The third-order valence-corrected chi connectivity index (χ3v) is 6.32. The van der Waals surface area contributed by atoms with Gasteiger partial charge in [-0.25, -0.2) is 0 Å². The average molecular weight is 503 g/mol. The zero-order valence-electron chi connectivity index (χ0n) is 16.4. The fourth-order valence-electron chi connectivity index (χ4n) is 3.47. The summed E-state index contributed by atoms with van der Waals surface area (Å²) in [6.07, 6.45) is 2.17. The molecule has 3 rings (SSSR count). The summed E-state index contributed by atoms with van der Waals surface area (Å²) in [5.41, 5.74) is 0.930. The predicted octanol–water partition coefficient (Wildman–Crippen LogP) is 4.36. The largest absolute Gasteiger partial charge is 0.459 e. The van der Waals surface area contributed by atoms with Crippen molar-refractivity contribution in [3.05, 3.63) is 36.1 Å². The van der Waals surface area contributed by atoms with E-state index >= 15 is 0 Å². The standard InChI is InChI=1S/C20H29N3O2S.HI/c1-4-26-20(9-11-24-12-10-20)15-22-19(21-2)23(3)14-17-13-16-7-5-6-8-18(16)25-17;/h5-8,13H,4,9-12,14-15H2,1-3H3,(H,21,22);1H. The van der Waals surface area contributed by atoms with Crippen molar-refractivity contribution in [3.8, 4) is 0 Å². The van der Waals surface area contributed by atoms with Gasteiger partial charge in [0.25, 0.3) is 0 Å². The van der Waals surface area contributed by atoms with Gasteiger partial charge in [0.2, 0.25) is 0 Å². The Bertz CT molecular complexity index is 705. The molecule has 0 unspecified atom stereocenters. The van der Waals surface area contributed by atoms with Gasteiger partial charge >= 0.3 is 0 Å². The van der Waals surface area contributed by atoms with Crippen molar-refractivity contribution < 1.29 is 9.15 Å². The quantitative estimate of drug-likeness (QED) is 0.361. The Morgan fingerprint density at radius 1 is 1.30 bits per heavy atom. The number of rotatable bonds is 6. The summed E-state index contributed by atoms with van der Waals surface area (Å²) in [5, 5.41) is 4.71. The first kappa shape index (κ1) is 22.4. The lowest BCUT2D eigenvalue weighted by Gasteiger charge is -2.37. The van der Waals surface area contributed by atoms with Gasteiger partial charge in [-0.1, -0.05) is 25.1 Å². The van der Waals surface area contributed by atoms with E-state index in [0.717, 1.165) is 61.0 Å². The highest BCUT2D eigenvalue weighted by molar-refractivity contribution is 14.0. The van der Waals surface area contributed by atoms with Gasteiger partial charge in [0.05, 0.1) is 6.54 Å². The molecule has 27 heavy (non-hydrogen) atoms. The number of hydrogen-bond donors (Lipinski definition) is 1. The van der Waals surface area contributed by atoms with Crippen molar-refractivity contribution in [1.82, 2.24) is 10.2 Å². The fraction of sp³-hybridized carbons (Fsp3) is 0.550.